The molecule has 0 radical (unpaired) electrons. The van der Waals surface area contributed by atoms with Crippen molar-refractivity contribution in [1.82, 2.24) is 0 Å². The first-order valence-electron chi connectivity index (χ1n) is 8.57. The van der Waals surface area contributed by atoms with Crippen molar-refractivity contribution in [2.24, 2.45) is 5.10 Å². The quantitative estimate of drug-likeness (QED) is 0.331. The van der Waals surface area contributed by atoms with Crippen LogP contribution in [0.4, 0.5) is 5.69 Å². The molecule has 8 heteroatoms. The molecule has 0 amide bonds. The summed E-state index contributed by atoms with van der Waals surface area (Å²) in [5.74, 6) is -0.341. The molecule has 142 valence electrons. The van der Waals surface area contributed by atoms with Crippen molar-refractivity contribution in [3.8, 4) is 11.8 Å². The highest BCUT2D eigenvalue weighted by Crippen LogP contribution is 2.44. The number of ether oxygens (including phenoxy) is 1. The van der Waals surface area contributed by atoms with Crippen LogP contribution >= 0.6 is 0 Å². The molecule has 0 spiro atoms. The summed E-state index contributed by atoms with van der Waals surface area (Å²) in [5.41, 5.74) is 0.570. The van der Waals surface area contributed by atoms with Crippen LogP contribution in [0.5, 0.6) is 5.75 Å². The summed E-state index contributed by atoms with van der Waals surface area (Å²) in [6.45, 7) is 1.16. The maximum atomic E-state index is 12.1. The van der Waals surface area contributed by atoms with E-state index in [4.69, 9.17) is 10.00 Å². The fourth-order valence-corrected chi connectivity index (χ4v) is 3.36. The molecule has 0 N–H and O–H groups in total. The van der Waals surface area contributed by atoms with Crippen molar-refractivity contribution >= 4 is 17.7 Å². The van der Waals surface area contributed by atoms with Crippen LogP contribution in [0.1, 0.15) is 24.0 Å². The maximum absolute atomic E-state index is 12.1. The molecule has 0 bridgehead atoms. The molecule has 1 aliphatic rings. The number of benzene rings is 2. The highest BCUT2D eigenvalue weighted by molar-refractivity contribution is 6.06. The van der Waals surface area contributed by atoms with E-state index in [1.807, 2.05) is 6.07 Å². The van der Waals surface area contributed by atoms with Gasteiger partial charge in [-0.2, -0.15) is 10.4 Å². The highest BCUT2D eigenvalue weighted by atomic mass is 16.6. The van der Waals surface area contributed by atoms with E-state index in [0.717, 1.165) is 0 Å². The van der Waals surface area contributed by atoms with Crippen LogP contribution in [0.25, 0.3) is 0 Å². The smallest absolute Gasteiger partial charge is 0.216 e. The van der Waals surface area contributed by atoms with Crippen LogP contribution in [0, 0.1) is 21.4 Å². The third kappa shape index (κ3) is 3.30. The van der Waals surface area contributed by atoms with Crippen molar-refractivity contribution in [2.45, 2.75) is 18.4 Å². The number of para-hydroxylation sites is 1. The highest BCUT2D eigenvalue weighted by Gasteiger charge is 2.53. The van der Waals surface area contributed by atoms with Crippen LogP contribution in [0.3, 0.4) is 0 Å². The Morgan fingerprint density at radius 3 is 2.64 bits per heavy atom. The number of anilines is 1. The minimum atomic E-state index is -1.56. The lowest BCUT2D eigenvalue weighted by molar-refractivity contribution is -0.484. The molecule has 0 aliphatic carbocycles. The lowest BCUT2D eigenvalue weighted by Gasteiger charge is -2.28. The molecule has 0 fully saturated rings. The van der Waals surface area contributed by atoms with E-state index >= 15 is 0 Å². The van der Waals surface area contributed by atoms with Crippen molar-refractivity contribution < 1.29 is 14.5 Å². The minimum absolute atomic E-state index is 0.303. The molecule has 2 aromatic carbocycles. The van der Waals surface area contributed by atoms with Gasteiger partial charge in [0.2, 0.25) is 12.1 Å². The first kappa shape index (κ1) is 19.0. The monoisotopic (exact) mass is 378 g/mol. The first-order valence-corrected chi connectivity index (χ1v) is 8.57. The van der Waals surface area contributed by atoms with Gasteiger partial charge in [0.25, 0.3) is 0 Å². The van der Waals surface area contributed by atoms with Crippen LogP contribution in [0.15, 0.2) is 53.6 Å². The number of nitro groups is 1. The number of hydrogen-bond donors (Lipinski definition) is 0. The Labute approximate surface area is 161 Å². The van der Waals surface area contributed by atoms with Gasteiger partial charge >= 0.3 is 0 Å². The fourth-order valence-electron chi connectivity index (χ4n) is 3.36. The zero-order chi connectivity index (χ0) is 20.3. The van der Waals surface area contributed by atoms with Gasteiger partial charge < -0.3 is 4.74 Å². The minimum Gasteiger partial charge on any atom is -0.472 e. The van der Waals surface area contributed by atoms with Crippen LogP contribution in [-0.4, -0.2) is 36.1 Å². The van der Waals surface area contributed by atoms with Gasteiger partial charge in [-0.1, -0.05) is 18.2 Å². The molecule has 2 atom stereocenters. The second-order valence-electron chi connectivity index (χ2n) is 6.49. The van der Waals surface area contributed by atoms with E-state index in [-0.39, 0.29) is 0 Å². The Kier molecular flexibility index (Phi) is 5.09. The molecule has 0 saturated heterocycles. The molecule has 0 aromatic heterocycles. The van der Waals surface area contributed by atoms with Gasteiger partial charge in [0.05, 0.1) is 23.0 Å². The molecular formula is C20H18N4O4. The molecule has 0 saturated carbocycles. The number of carbonyl (C=O) groups excluding carboxylic acids is 1. The topological polar surface area (TPSA) is 109 Å². The summed E-state index contributed by atoms with van der Waals surface area (Å²) in [6.07, 6.45) is 0.590. The number of fused-ring (bicyclic) bond motifs is 1. The van der Waals surface area contributed by atoms with Crippen molar-refractivity contribution in [3.05, 3.63) is 69.8 Å². The Bertz CT molecular complexity index is 980. The SMILES string of the molecule is C/C(=N/N(C)c1ccc(C#N)cc1)[C@@]1(C=O)Oc2ccccc2[C@@H]1C[N+](=O)[O-]. The van der Waals surface area contributed by atoms with Gasteiger partial charge in [0.1, 0.15) is 11.7 Å². The van der Waals surface area contributed by atoms with Crippen LogP contribution < -0.4 is 9.75 Å². The molecule has 28 heavy (non-hydrogen) atoms. The van der Waals surface area contributed by atoms with E-state index in [9.17, 15) is 14.9 Å². The zero-order valence-electron chi connectivity index (χ0n) is 15.4. The fraction of sp³-hybridized carbons (Fsp3) is 0.250. The Morgan fingerprint density at radius 1 is 1.36 bits per heavy atom. The van der Waals surface area contributed by atoms with E-state index in [0.29, 0.717) is 34.6 Å². The van der Waals surface area contributed by atoms with E-state index in [1.54, 1.807) is 62.5 Å². The lowest BCUT2D eigenvalue weighted by Crippen LogP contribution is -2.49. The summed E-state index contributed by atoms with van der Waals surface area (Å²) < 4.78 is 5.92. The molecule has 2 aromatic rings. The summed E-state index contributed by atoms with van der Waals surface area (Å²) in [7, 11) is 1.69. The molecule has 1 heterocycles. The van der Waals surface area contributed by atoms with Crippen molar-refractivity contribution in [1.29, 1.82) is 5.26 Å². The summed E-state index contributed by atoms with van der Waals surface area (Å²) in [4.78, 5) is 23.0. The van der Waals surface area contributed by atoms with Gasteiger partial charge in [0.15, 0.2) is 6.29 Å². The van der Waals surface area contributed by atoms with Crippen molar-refractivity contribution in [3.63, 3.8) is 0 Å². The predicted octanol–water partition coefficient (Wildman–Crippen LogP) is 2.76. The van der Waals surface area contributed by atoms with Crippen LogP contribution in [-0.2, 0) is 4.79 Å². The van der Waals surface area contributed by atoms with Gasteiger partial charge in [-0.05, 0) is 37.3 Å². The number of aldehydes is 1. The number of hydrogen-bond acceptors (Lipinski definition) is 7. The van der Waals surface area contributed by atoms with E-state index in [1.165, 1.54) is 5.01 Å². The summed E-state index contributed by atoms with van der Waals surface area (Å²) >= 11 is 0. The molecule has 0 unspecified atom stereocenters. The van der Waals surface area contributed by atoms with Gasteiger partial charge in [-0.25, -0.2) is 0 Å². The summed E-state index contributed by atoms with van der Waals surface area (Å²) in [5, 5.41) is 26.2. The van der Waals surface area contributed by atoms with Gasteiger partial charge in [-0.15, -0.1) is 0 Å². The molecule has 3 rings (SSSR count). The predicted molar refractivity (Wildman–Crippen MR) is 103 cm³/mol. The van der Waals surface area contributed by atoms with Crippen molar-refractivity contribution in [2.75, 3.05) is 18.6 Å². The molecule has 1 aliphatic heterocycles. The number of nitriles is 1. The van der Waals surface area contributed by atoms with E-state index in [2.05, 4.69) is 5.10 Å². The maximum Gasteiger partial charge on any atom is 0.216 e. The van der Waals surface area contributed by atoms with Gasteiger partial charge in [0, 0.05) is 17.5 Å². The Morgan fingerprint density at radius 2 is 2.04 bits per heavy atom. The second-order valence-corrected chi connectivity index (χ2v) is 6.49. The Balaban J connectivity index is 1.99. The normalized spacial score (nSPS) is 20.6. The standard InChI is InChI=1S/C20H18N4O4/c1-14(22-23(2)16-9-7-15(11-21)8-10-16)20(13-25)18(12-24(26)27)17-5-3-4-6-19(17)28-20/h3-10,13,18H,12H2,1-2H3/b22-14-/t18-,20+/m0/s1. The average molecular weight is 378 g/mol. The Hall–Kier alpha value is -3.73. The number of carbonyl (C=O) groups is 1. The second kappa shape index (κ2) is 7.48. The molecule has 8 nitrogen and oxygen atoms in total. The summed E-state index contributed by atoms with van der Waals surface area (Å²) in [6, 6.07) is 15.7. The number of hydrazone groups is 1. The zero-order valence-corrected chi connectivity index (χ0v) is 15.4. The lowest BCUT2D eigenvalue weighted by atomic mass is 9.82. The third-order valence-electron chi connectivity index (χ3n) is 4.83. The first-order chi connectivity index (χ1) is 13.4. The largest absolute Gasteiger partial charge is 0.472 e. The van der Waals surface area contributed by atoms with E-state index < -0.39 is 23.0 Å². The molecular weight excluding hydrogens is 360 g/mol. The number of rotatable bonds is 6. The number of nitrogens with zero attached hydrogens (tertiary/aromatic N) is 4. The third-order valence-corrected chi connectivity index (χ3v) is 4.83. The van der Waals surface area contributed by atoms with Crippen LogP contribution in [0.2, 0.25) is 0 Å². The average Bonchev–Trinajstić information content (AvgIpc) is 3.02. The van der Waals surface area contributed by atoms with Gasteiger partial charge in [-0.3, -0.25) is 19.9 Å².